The molecule has 0 saturated carbocycles. The molecule has 1 heterocycles. The summed E-state index contributed by atoms with van der Waals surface area (Å²) in [5, 5.41) is 11.5. The normalized spacial score (nSPS) is 11.6. The van der Waals surface area contributed by atoms with Crippen molar-refractivity contribution in [3.05, 3.63) is 65.5 Å². The zero-order valence-corrected chi connectivity index (χ0v) is 19.3. The number of thioether (sulfide) groups is 1. The first kappa shape index (κ1) is 23.3. The van der Waals surface area contributed by atoms with Gasteiger partial charge in [-0.2, -0.15) is 0 Å². The van der Waals surface area contributed by atoms with Crippen molar-refractivity contribution >= 4 is 23.6 Å². The van der Waals surface area contributed by atoms with Crippen LogP contribution in [0.3, 0.4) is 0 Å². The summed E-state index contributed by atoms with van der Waals surface area (Å²) in [6.07, 6.45) is 0. The van der Waals surface area contributed by atoms with Crippen molar-refractivity contribution in [3.63, 3.8) is 0 Å². The highest BCUT2D eigenvalue weighted by Gasteiger charge is 2.22. The largest absolute Gasteiger partial charge is 0.497 e. The van der Waals surface area contributed by atoms with Crippen LogP contribution in [-0.4, -0.2) is 45.6 Å². The monoisotopic (exact) mass is 454 g/mol. The number of carbonyl (C=O) groups excluding carboxylic acids is 2. The molecule has 1 N–H and O–H groups in total. The predicted molar refractivity (Wildman–Crippen MR) is 122 cm³/mol. The Balaban J connectivity index is 1.84. The Morgan fingerprint density at radius 3 is 2.56 bits per heavy atom. The maximum absolute atomic E-state index is 12.6. The molecule has 0 radical (unpaired) electrons. The van der Waals surface area contributed by atoms with Crippen LogP contribution < -0.4 is 10.1 Å². The van der Waals surface area contributed by atoms with Gasteiger partial charge in [0.05, 0.1) is 20.3 Å². The highest BCUT2D eigenvalue weighted by molar-refractivity contribution is 8.00. The summed E-state index contributed by atoms with van der Waals surface area (Å²) in [5.74, 6) is 0.681. The molecule has 0 unspecified atom stereocenters. The lowest BCUT2D eigenvalue weighted by molar-refractivity contribution is -0.142. The summed E-state index contributed by atoms with van der Waals surface area (Å²) in [4.78, 5) is 24.7. The van der Waals surface area contributed by atoms with Gasteiger partial charge in [0.25, 0.3) is 5.91 Å². The minimum absolute atomic E-state index is 0.167. The number of rotatable bonds is 9. The molecular weight excluding hydrogens is 428 g/mol. The third-order valence-corrected chi connectivity index (χ3v) is 5.64. The van der Waals surface area contributed by atoms with Gasteiger partial charge in [-0.1, -0.05) is 23.9 Å². The second kappa shape index (κ2) is 10.8. The van der Waals surface area contributed by atoms with E-state index in [2.05, 4.69) is 15.5 Å². The van der Waals surface area contributed by atoms with Crippen molar-refractivity contribution in [2.75, 3.05) is 13.7 Å². The Morgan fingerprint density at radius 2 is 1.91 bits per heavy atom. The van der Waals surface area contributed by atoms with E-state index in [0.717, 1.165) is 11.3 Å². The number of hydrogen-bond acceptors (Lipinski definition) is 7. The molecule has 2 aromatic carbocycles. The zero-order chi connectivity index (χ0) is 23.1. The smallest absolute Gasteiger partial charge is 0.319 e. The van der Waals surface area contributed by atoms with Crippen molar-refractivity contribution in [1.29, 1.82) is 0 Å². The molecule has 1 aromatic heterocycles. The van der Waals surface area contributed by atoms with Gasteiger partial charge in [-0.15, -0.1) is 10.2 Å². The van der Waals surface area contributed by atoms with Crippen LogP contribution in [0, 0.1) is 6.92 Å². The second-order valence-corrected chi connectivity index (χ2v) is 8.30. The van der Waals surface area contributed by atoms with Crippen LogP contribution in [0.25, 0.3) is 5.69 Å². The molecule has 9 heteroatoms. The Morgan fingerprint density at radius 1 is 1.16 bits per heavy atom. The molecule has 0 aliphatic carbocycles. The first-order valence-electron chi connectivity index (χ1n) is 10.2. The van der Waals surface area contributed by atoms with Gasteiger partial charge in [-0.25, -0.2) is 0 Å². The predicted octanol–water partition coefficient (Wildman–Crippen LogP) is 3.56. The lowest BCUT2D eigenvalue weighted by Crippen LogP contribution is -2.24. The van der Waals surface area contributed by atoms with Crippen molar-refractivity contribution in [2.45, 2.75) is 37.7 Å². The number of aromatic nitrogens is 3. The van der Waals surface area contributed by atoms with E-state index in [0.29, 0.717) is 28.9 Å². The highest BCUT2D eigenvalue weighted by atomic mass is 32.2. The van der Waals surface area contributed by atoms with Crippen LogP contribution in [0.2, 0.25) is 0 Å². The Kier molecular flexibility index (Phi) is 7.88. The van der Waals surface area contributed by atoms with Gasteiger partial charge in [0, 0.05) is 11.3 Å². The molecule has 0 aliphatic heterocycles. The summed E-state index contributed by atoms with van der Waals surface area (Å²) >= 11 is 1.26. The average Bonchev–Trinajstić information content (AvgIpc) is 3.19. The molecule has 3 rings (SSSR count). The first-order chi connectivity index (χ1) is 15.4. The van der Waals surface area contributed by atoms with Crippen molar-refractivity contribution in [3.8, 4) is 11.4 Å². The standard InChI is InChI=1S/C23H26N4O4S/c1-5-31-22(29)16(3)32-23-26-25-20(27(23)18-8-6-7-15(2)13-18)14-24-21(28)17-9-11-19(30-4)12-10-17/h6-13,16H,5,14H2,1-4H3,(H,24,28)/t16-/m1/s1. The summed E-state index contributed by atoms with van der Waals surface area (Å²) in [6, 6.07) is 14.7. The number of nitrogens with zero attached hydrogens (tertiary/aromatic N) is 3. The van der Waals surface area contributed by atoms with Crippen LogP contribution in [-0.2, 0) is 16.1 Å². The van der Waals surface area contributed by atoms with E-state index in [9.17, 15) is 9.59 Å². The minimum atomic E-state index is -0.454. The van der Waals surface area contributed by atoms with E-state index >= 15 is 0 Å². The van der Waals surface area contributed by atoms with E-state index in [4.69, 9.17) is 9.47 Å². The maximum atomic E-state index is 12.6. The SMILES string of the molecule is CCOC(=O)[C@@H](C)Sc1nnc(CNC(=O)c2ccc(OC)cc2)n1-c1cccc(C)c1. The van der Waals surface area contributed by atoms with Crippen LogP contribution in [0.5, 0.6) is 5.75 Å². The summed E-state index contributed by atoms with van der Waals surface area (Å²) in [5.41, 5.74) is 2.43. The van der Waals surface area contributed by atoms with E-state index in [1.807, 2.05) is 35.8 Å². The molecule has 0 aliphatic rings. The quantitative estimate of drug-likeness (QED) is 0.390. The minimum Gasteiger partial charge on any atom is -0.497 e. The van der Waals surface area contributed by atoms with Gasteiger partial charge in [0.2, 0.25) is 0 Å². The number of hydrogen-bond donors (Lipinski definition) is 1. The fraction of sp³-hybridized carbons (Fsp3) is 0.304. The van der Waals surface area contributed by atoms with E-state index in [1.165, 1.54) is 11.8 Å². The Labute approximate surface area is 191 Å². The Hall–Kier alpha value is -3.33. The summed E-state index contributed by atoms with van der Waals surface area (Å²) < 4.78 is 12.1. The number of amides is 1. The maximum Gasteiger partial charge on any atom is 0.319 e. The van der Waals surface area contributed by atoms with Crippen LogP contribution >= 0.6 is 11.8 Å². The number of nitrogens with one attached hydrogen (secondary N) is 1. The van der Waals surface area contributed by atoms with Gasteiger partial charge in [-0.3, -0.25) is 14.2 Å². The molecule has 1 amide bonds. The molecule has 0 saturated heterocycles. The van der Waals surface area contributed by atoms with Crippen molar-refractivity contribution < 1.29 is 19.1 Å². The topological polar surface area (TPSA) is 95.3 Å². The molecule has 3 aromatic rings. The summed E-state index contributed by atoms with van der Waals surface area (Å²) in [6.45, 7) is 6.02. The van der Waals surface area contributed by atoms with E-state index in [-0.39, 0.29) is 18.4 Å². The molecule has 32 heavy (non-hydrogen) atoms. The van der Waals surface area contributed by atoms with Crippen LogP contribution in [0.4, 0.5) is 0 Å². The van der Waals surface area contributed by atoms with Crippen LogP contribution in [0.15, 0.2) is 53.7 Å². The summed E-state index contributed by atoms with van der Waals surface area (Å²) in [7, 11) is 1.57. The van der Waals surface area contributed by atoms with Gasteiger partial charge in [0.15, 0.2) is 11.0 Å². The average molecular weight is 455 g/mol. The molecule has 0 fully saturated rings. The molecule has 0 bridgehead atoms. The number of esters is 1. The highest BCUT2D eigenvalue weighted by Crippen LogP contribution is 2.27. The van der Waals surface area contributed by atoms with E-state index < -0.39 is 5.25 Å². The molecule has 8 nitrogen and oxygen atoms in total. The number of methoxy groups -OCH3 is 1. The van der Waals surface area contributed by atoms with Gasteiger partial charge < -0.3 is 14.8 Å². The number of aryl methyl sites for hydroxylation is 1. The fourth-order valence-electron chi connectivity index (χ4n) is 2.99. The zero-order valence-electron chi connectivity index (χ0n) is 18.5. The van der Waals surface area contributed by atoms with Gasteiger partial charge in [-0.05, 0) is 62.7 Å². The Bertz CT molecular complexity index is 1080. The van der Waals surface area contributed by atoms with Crippen molar-refractivity contribution in [2.24, 2.45) is 0 Å². The van der Waals surface area contributed by atoms with Crippen molar-refractivity contribution in [1.82, 2.24) is 20.1 Å². The third-order valence-electron chi connectivity index (χ3n) is 4.62. The first-order valence-corrected chi connectivity index (χ1v) is 11.1. The molecule has 168 valence electrons. The van der Waals surface area contributed by atoms with Gasteiger partial charge >= 0.3 is 5.97 Å². The molecular formula is C23H26N4O4S. The number of carbonyl (C=O) groups is 2. The van der Waals surface area contributed by atoms with Crippen LogP contribution in [0.1, 0.15) is 35.6 Å². The second-order valence-electron chi connectivity index (χ2n) is 7.00. The number of benzene rings is 2. The lowest BCUT2D eigenvalue weighted by atomic mass is 10.2. The third kappa shape index (κ3) is 5.67. The van der Waals surface area contributed by atoms with E-state index in [1.54, 1.807) is 45.2 Å². The van der Waals surface area contributed by atoms with Gasteiger partial charge in [0.1, 0.15) is 11.0 Å². The lowest BCUT2D eigenvalue weighted by Gasteiger charge is -2.14. The fourth-order valence-corrected chi connectivity index (χ4v) is 3.87. The molecule has 0 spiro atoms. The number of ether oxygens (including phenoxy) is 2. The molecule has 1 atom stereocenters.